The summed E-state index contributed by atoms with van der Waals surface area (Å²) in [6.45, 7) is 5.61. The number of aliphatic hydroxyl groups excluding tert-OH is 15. The zero-order valence-electron chi connectivity index (χ0n) is 41.9. The van der Waals surface area contributed by atoms with E-state index >= 15 is 0 Å². The molecule has 0 aromatic heterocycles. The molecule has 0 radical (unpaired) electrons. The molecule has 0 amide bonds. The molecule has 3 saturated carbocycles. The van der Waals surface area contributed by atoms with E-state index in [2.05, 4.69) is 39.8 Å². The van der Waals surface area contributed by atoms with Gasteiger partial charge in [-0.15, -0.1) is 0 Å². The molecule has 0 bridgehead atoms. The highest BCUT2D eigenvalue weighted by atomic mass is 16.8. The monoisotopic (exact) mass is 1050 g/mol. The predicted octanol–water partition coefficient (Wildman–Crippen LogP) is -3.99. The Kier molecular flexibility index (Phi) is 18.6. The first-order chi connectivity index (χ1) is 34.6. The fourth-order valence-electron chi connectivity index (χ4n) is 14.0. The molecule has 4 aliphatic carbocycles. The molecule has 29 atom stereocenters. The number of hydrogen-bond donors (Lipinski definition) is 15. The van der Waals surface area contributed by atoms with E-state index in [1.54, 1.807) is 0 Å². The highest BCUT2D eigenvalue weighted by Crippen LogP contribution is 2.67. The van der Waals surface area contributed by atoms with Crippen molar-refractivity contribution < 1.29 is 114 Å². The SMILES string of the molecule is CC(C)C/C=C/[C@H](CO)[C@H]1C[C@H](O)[C@H]2[C@@H]3CC=C4[C@@H](O)[C@@H](O[C@@H]5O[C@H](CO)[C@@H](O[C@@H]6O[C@H](CO)[C@H](O)[C@H](O)[C@H]6O)[C@H](O[C@@H]6OC[C@@H](O)[C@@H](O[C@@H]7O[C@H](CO)[C@H](O)[C@H](O)[C@H]7O)[C@@H]6O)[C@H]5O)CC[C@]4(C)[C@H]3CC[C@@]21C. The van der Waals surface area contributed by atoms with Crippen LogP contribution in [-0.4, -0.2) is 245 Å². The molecule has 23 nitrogen and oxygen atoms in total. The second kappa shape index (κ2) is 23.5. The van der Waals surface area contributed by atoms with Crippen molar-refractivity contribution in [3.63, 3.8) is 0 Å². The molecule has 4 saturated heterocycles. The van der Waals surface area contributed by atoms with Gasteiger partial charge in [0.05, 0.1) is 38.6 Å². The van der Waals surface area contributed by atoms with Crippen molar-refractivity contribution in [2.45, 2.75) is 208 Å². The lowest BCUT2D eigenvalue weighted by molar-refractivity contribution is -0.392. The second-order valence-electron chi connectivity index (χ2n) is 22.8. The summed E-state index contributed by atoms with van der Waals surface area (Å²) in [7, 11) is 0. The minimum Gasteiger partial charge on any atom is -0.396 e. The molecule has 0 spiro atoms. The van der Waals surface area contributed by atoms with E-state index in [-0.39, 0.29) is 48.0 Å². The van der Waals surface area contributed by atoms with E-state index in [1.807, 2.05) is 6.08 Å². The molecule has 23 heteroatoms. The van der Waals surface area contributed by atoms with Gasteiger partial charge in [-0.2, -0.15) is 0 Å². The maximum Gasteiger partial charge on any atom is 0.187 e. The summed E-state index contributed by atoms with van der Waals surface area (Å²) in [4.78, 5) is 0. The van der Waals surface area contributed by atoms with Gasteiger partial charge >= 0.3 is 0 Å². The van der Waals surface area contributed by atoms with Crippen LogP contribution in [0.4, 0.5) is 0 Å². The molecular formula is C50H82O23. The standard InChI is InChI=1S/C50H82O23/c1-20(2)6-5-7-21(15-51)25-14-26(55)32-22-8-9-24-33(57)28(11-13-49(24,3)23(22)10-12-50(25,32)4)67-48-41(65)44(43(31(18-54)70-48)72-47-39(63)37(61)35(59)30(17-53)69-47)73-45-40(64)42(27(56)19-66-45)71-46-38(62)36(60)34(58)29(16-52)68-46/h5,7,9,20-23,25-48,51-65H,6,8,10-19H2,1-4H3/b7-5+/t21-,22-,23+,25-,26+,27-,28+,29-,30-,31-,32-,33-,34+,35+,36+,37+,38-,39-,40+,41-,42-,43-,44-,45+,46+,47+,48-,49-,50-/m1/s1. The zero-order chi connectivity index (χ0) is 53.0. The first kappa shape index (κ1) is 57.7. The topological polar surface area (TPSA) is 377 Å². The smallest absolute Gasteiger partial charge is 0.187 e. The van der Waals surface area contributed by atoms with Gasteiger partial charge in [-0.3, -0.25) is 0 Å². The van der Waals surface area contributed by atoms with E-state index in [1.165, 1.54) is 0 Å². The average Bonchev–Trinajstić information content (AvgIpc) is 3.64. The van der Waals surface area contributed by atoms with Crippen LogP contribution in [0.3, 0.4) is 0 Å². The minimum atomic E-state index is -2.00. The van der Waals surface area contributed by atoms with Crippen LogP contribution in [0.1, 0.15) is 72.6 Å². The molecule has 0 unspecified atom stereocenters. The van der Waals surface area contributed by atoms with Crippen LogP contribution in [0.25, 0.3) is 0 Å². The molecule has 8 aliphatic rings. The van der Waals surface area contributed by atoms with Gasteiger partial charge in [0.2, 0.25) is 0 Å². The summed E-state index contributed by atoms with van der Waals surface area (Å²) >= 11 is 0. The van der Waals surface area contributed by atoms with Crippen LogP contribution in [0.15, 0.2) is 23.8 Å². The highest BCUT2D eigenvalue weighted by molar-refractivity contribution is 5.30. The first-order valence-corrected chi connectivity index (χ1v) is 26.1. The molecule has 4 heterocycles. The van der Waals surface area contributed by atoms with E-state index in [9.17, 15) is 76.6 Å². The van der Waals surface area contributed by atoms with E-state index in [0.29, 0.717) is 25.2 Å². The Morgan fingerprint density at radius 2 is 1.19 bits per heavy atom. The van der Waals surface area contributed by atoms with E-state index < -0.39 is 167 Å². The molecule has 4 aliphatic heterocycles. The van der Waals surface area contributed by atoms with Gasteiger partial charge < -0.3 is 114 Å². The van der Waals surface area contributed by atoms with E-state index in [4.69, 9.17) is 37.9 Å². The largest absolute Gasteiger partial charge is 0.396 e. The summed E-state index contributed by atoms with van der Waals surface area (Å²) < 4.78 is 47.3. The van der Waals surface area contributed by atoms with Gasteiger partial charge in [0, 0.05) is 12.5 Å². The van der Waals surface area contributed by atoms with Gasteiger partial charge in [0.25, 0.3) is 0 Å². The Morgan fingerprint density at radius 1 is 0.630 bits per heavy atom. The van der Waals surface area contributed by atoms with Crippen LogP contribution in [0, 0.1) is 46.3 Å². The molecule has 73 heavy (non-hydrogen) atoms. The van der Waals surface area contributed by atoms with Gasteiger partial charge in [0.15, 0.2) is 25.2 Å². The van der Waals surface area contributed by atoms with Crippen LogP contribution in [0.2, 0.25) is 0 Å². The maximum atomic E-state index is 12.3. The van der Waals surface area contributed by atoms with E-state index in [0.717, 1.165) is 24.8 Å². The lowest BCUT2D eigenvalue weighted by Gasteiger charge is -2.59. The summed E-state index contributed by atoms with van der Waals surface area (Å²) in [5.74, 6) is 0.705. The highest BCUT2D eigenvalue weighted by Gasteiger charge is 2.64. The number of ether oxygens (including phenoxy) is 8. The lowest BCUT2D eigenvalue weighted by Crippen LogP contribution is -2.67. The number of aliphatic hydroxyl groups is 15. The van der Waals surface area contributed by atoms with Crippen LogP contribution in [-0.2, 0) is 37.9 Å². The fourth-order valence-corrected chi connectivity index (χ4v) is 14.0. The van der Waals surface area contributed by atoms with Crippen LogP contribution >= 0.6 is 0 Å². The van der Waals surface area contributed by atoms with Crippen LogP contribution < -0.4 is 0 Å². The Morgan fingerprint density at radius 3 is 1.78 bits per heavy atom. The van der Waals surface area contributed by atoms with Gasteiger partial charge in [-0.1, -0.05) is 45.9 Å². The molecule has 15 N–H and O–H groups in total. The zero-order valence-corrected chi connectivity index (χ0v) is 41.9. The molecule has 0 aromatic rings. The fraction of sp³-hybridized carbons (Fsp3) is 0.920. The van der Waals surface area contributed by atoms with Crippen molar-refractivity contribution in [3.05, 3.63) is 23.8 Å². The van der Waals surface area contributed by atoms with Crippen LogP contribution in [0.5, 0.6) is 0 Å². The number of hydrogen-bond acceptors (Lipinski definition) is 23. The molecular weight excluding hydrogens is 969 g/mol. The van der Waals surface area contributed by atoms with Crippen molar-refractivity contribution in [1.82, 2.24) is 0 Å². The third-order valence-corrected chi connectivity index (χ3v) is 18.0. The molecule has 0 aromatic carbocycles. The first-order valence-electron chi connectivity index (χ1n) is 26.1. The van der Waals surface area contributed by atoms with Crippen molar-refractivity contribution in [2.75, 3.05) is 33.0 Å². The average molecular weight is 1050 g/mol. The summed E-state index contributed by atoms with van der Waals surface area (Å²) in [6.07, 6.45) is -25.3. The summed E-state index contributed by atoms with van der Waals surface area (Å²) in [5, 5.41) is 163. The normalized spacial score (nSPS) is 51.9. The molecule has 8 rings (SSSR count). The quantitative estimate of drug-likeness (QED) is 0.0656. The van der Waals surface area contributed by atoms with Gasteiger partial charge in [-0.25, -0.2) is 0 Å². The van der Waals surface area contributed by atoms with Crippen molar-refractivity contribution in [2.24, 2.45) is 46.3 Å². The summed E-state index contributed by atoms with van der Waals surface area (Å²) in [6, 6.07) is 0. The summed E-state index contributed by atoms with van der Waals surface area (Å²) in [5.41, 5.74) is 0.0530. The van der Waals surface area contributed by atoms with Crippen molar-refractivity contribution in [3.8, 4) is 0 Å². The second-order valence-corrected chi connectivity index (χ2v) is 22.8. The third-order valence-electron chi connectivity index (χ3n) is 18.0. The Hall–Kier alpha value is -1.44. The Balaban J connectivity index is 1.02. The minimum absolute atomic E-state index is 0.000604. The third kappa shape index (κ3) is 10.9. The lowest BCUT2D eigenvalue weighted by atomic mass is 9.46. The van der Waals surface area contributed by atoms with Crippen molar-refractivity contribution >= 4 is 0 Å². The number of allylic oxidation sites excluding steroid dienone is 2. The van der Waals surface area contributed by atoms with Gasteiger partial charge in [-0.05, 0) is 90.9 Å². The molecule has 7 fully saturated rings. The Labute approximate surface area is 424 Å². The van der Waals surface area contributed by atoms with Crippen molar-refractivity contribution in [1.29, 1.82) is 0 Å². The maximum absolute atomic E-state index is 12.3. The molecule has 420 valence electrons. The predicted molar refractivity (Wildman–Crippen MR) is 248 cm³/mol. The number of rotatable bonds is 16. The van der Waals surface area contributed by atoms with Gasteiger partial charge in [0.1, 0.15) is 97.7 Å². The Bertz CT molecular complexity index is 1860. The number of fused-ring (bicyclic) bond motifs is 5.